The highest BCUT2D eigenvalue weighted by Gasteiger charge is 2.27. The molecule has 1 aromatic rings. The Bertz CT molecular complexity index is 502. The van der Waals surface area contributed by atoms with Crippen molar-refractivity contribution in [2.24, 2.45) is 11.7 Å². The average Bonchev–Trinajstić information content (AvgIpc) is 2.21. The number of Topliss-reactive ketones (excluding diaryl/α,β-unsaturated/α-hetero) is 1. The quantitative estimate of drug-likeness (QED) is 0.810. The van der Waals surface area contributed by atoms with Gasteiger partial charge in [-0.1, -0.05) is 22.9 Å². The number of fused-ring (bicyclic) bond motifs is 1. The van der Waals surface area contributed by atoms with Gasteiger partial charge in [0.1, 0.15) is 5.75 Å². The highest BCUT2D eigenvalue weighted by Crippen LogP contribution is 2.36. The van der Waals surface area contributed by atoms with E-state index in [2.05, 4.69) is 22.9 Å². The van der Waals surface area contributed by atoms with Gasteiger partial charge in [0, 0.05) is 10.9 Å². The topological polar surface area (TPSA) is 52.3 Å². The number of rotatable bonds is 1. The third-order valence-corrected chi connectivity index (χ3v) is 3.62. The van der Waals surface area contributed by atoms with E-state index in [1.165, 1.54) is 0 Å². The molecule has 0 bridgehead atoms. The molecule has 0 spiro atoms. The maximum atomic E-state index is 12.1. The zero-order valence-corrected chi connectivity index (χ0v) is 11.7. The summed E-state index contributed by atoms with van der Waals surface area (Å²) in [5, 5.41) is -0.0686. The molecule has 0 heterocycles. The standard InChI is InChI=1S/C12H12BrNO2S/c1-6-4-7-8(13)2-3-10(16-12(14)17)11(7)9(15)5-6/h2-3,6H,4-5H2,1H3,(H2,14,17)/t6-/m0/s1. The molecule has 0 aromatic heterocycles. The summed E-state index contributed by atoms with van der Waals surface area (Å²) in [5.74, 6) is 0.908. The van der Waals surface area contributed by atoms with Crippen LogP contribution in [0, 0.1) is 5.92 Å². The summed E-state index contributed by atoms with van der Waals surface area (Å²) in [4.78, 5) is 12.1. The first-order valence-corrected chi connectivity index (χ1v) is 6.51. The van der Waals surface area contributed by atoms with Gasteiger partial charge >= 0.3 is 0 Å². The molecule has 3 nitrogen and oxygen atoms in total. The van der Waals surface area contributed by atoms with Gasteiger partial charge in [0.2, 0.25) is 0 Å². The number of hydrogen-bond acceptors (Lipinski definition) is 3. The molecule has 17 heavy (non-hydrogen) atoms. The summed E-state index contributed by atoms with van der Waals surface area (Å²) in [5.41, 5.74) is 6.96. The van der Waals surface area contributed by atoms with Gasteiger partial charge in [-0.05, 0) is 42.3 Å². The Morgan fingerprint density at radius 1 is 1.53 bits per heavy atom. The second kappa shape index (κ2) is 4.74. The van der Waals surface area contributed by atoms with E-state index < -0.39 is 0 Å². The van der Waals surface area contributed by atoms with E-state index in [-0.39, 0.29) is 11.0 Å². The van der Waals surface area contributed by atoms with Crippen LogP contribution in [0.15, 0.2) is 16.6 Å². The van der Waals surface area contributed by atoms with E-state index in [0.29, 0.717) is 23.7 Å². The minimum absolute atomic E-state index is 0.0686. The smallest absolute Gasteiger partial charge is 0.259 e. The van der Waals surface area contributed by atoms with Crippen molar-refractivity contribution in [3.63, 3.8) is 0 Å². The van der Waals surface area contributed by atoms with Gasteiger partial charge in [-0.15, -0.1) is 0 Å². The second-order valence-corrected chi connectivity index (χ2v) is 5.51. The van der Waals surface area contributed by atoms with Crippen LogP contribution in [0.4, 0.5) is 0 Å². The summed E-state index contributed by atoms with van der Waals surface area (Å²) in [6, 6.07) is 3.58. The van der Waals surface area contributed by atoms with Crippen molar-refractivity contribution in [2.75, 3.05) is 0 Å². The lowest BCUT2D eigenvalue weighted by molar-refractivity contribution is 0.0951. The number of ether oxygens (including phenoxy) is 1. The van der Waals surface area contributed by atoms with Crippen molar-refractivity contribution in [1.82, 2.24) is 0 Å². The summed E-state index contributed by atoms with van der Waals surface area (Å²) in [6.07, 6.45) is 1.40. The van der Waals surface area contributed by atoms with Crippen LogP contribution < -0.4 is 10.5 Å². The van der Waals surface area contributed by atoms with Crippen LogP contribution in [-0.2, 0) is 6.42 Å². The molecule has 0 fully saturated rings. The molecule has 2 rings (SSSR count). The molecule has 2 N–H and O–H groups in total. The Hall–Kier alpha value is -0.940. The molecule has 1 aliphatic carbocycles. The van der Waals surface area contributed by atoms with Crippen molar-refractivity contribution >= 4 is 39.1 Å². The monoisotopic (exact) mass is 313 g/mol. The summed E-state index contributed by atoms with van der Waals surface area (Å²) in [6.45, 7) is 2.06. The molecule has 1 aliphatic rings. The molecule has 90 valence electrons. The Kier molecular flexibility index (Phi) is 3.49. The Morgan fingerprint density at radius 3 is 2.88 bits per heavy atom. The van der Waals surface area contributed by atoms with Gasteiger partial charge in [-0.2, -0.15) is 0 Å². The third kappa shape index (κ3) is 2.50. The third-order valence-electron chi connectivity index (χ3n) is 2.79. The van der Waals surface area contributed by atoms with Crippen LogP contribution in [-0.4, -0.2) is 11.0 Å². The van der Waals surface area contributed by atoms with Crippen LogP contribution in [0.2, 0.25) is 0 Å². The number of carbonyl (C=O) groups excluding carboxylic acids is 1. The van der Waals surface area contributed by atoms with Gasteiger partial charge in [0.05, 0.1) is 5.56 Å². The van der Waals surface area contributed by atoms with E-state index in [1.54, 1.807) is 6.07 Å². The molecular weight excluding hydrogens is 302 g/mol. The van der Waals surface area contributed by atoms with Crippen molar-refractivity contribution in [1.29, 1.82) is 0 Å². The molecule has 1 atom stereocenters. The molecule has 1 aromatic carbocycles. The van der Waals surface area contributed by atoms with Crippen LogP contribution in [0.3, 0.4) is 0 Å². The zero-order chi connectivity index (χ0) is 12.6. The van der Waals surface area contributed by atoms with Gasteiger partial charge in [-0.3, -0.25) is 4.79 Å². The molecule has 5 heteroatoms. The average molecular weight is 314 g/mol. The minimum Gasteiger partial charge on any atom is -0.431 e. The van der Waals surface area contributed by atoms with E-state index in [9.17, 15) is 4.79 Å². The normalized spacial score (nSPS) is 18.7. The molecule has 0 radical (unpaired) electrons. The first-order valence-electron chi connectivity index (χ1n) is 5.31. The van der Waals surface area contributed by atoms with E-state index in [1.807, 2.05) is 6.07 Å². The van der Waals surface area contributed by atoms with E-state index >= 15 is 0 Å². The SMILES string of the molecule is C[C@@H]1CC(=O)c2c(OC(N)=S)ccc(Br)c2C1. The van der Waals surface area contributed by atoms with Gasteiger partial charge < -0.3 is 10.5 Å². The number of nitrogens with two attached hydrogens (primary N) is 1. The lowest BCUT2D eigenvalue weighted by Crippen LogP contribution is -2.22. The van der Waals surface area contributed by atoms with Gasteiger partial charge in [0.15, 0.2) is 5.78 Å². The van der Waals surface area contributed by atoms with Crippen molar-refractivity contribution < 1.29 is 9.53 Å². The largest absolute Gasteiger partial charge is 0.431 e. The molecule has 0 aliphatic heterocycles. The fourth-order valence-electron chi connectivity index (χ4n) is 2.14. The second-order valence-electron chi connectivity index (χ2n) is 4.26. The summed E-state index contributed by atoms with van der Waals surface area (Å²) in [7, 11) is 0. The van der Waals surface area contributed by atoms with E-state index in [4.69, 9.17) is 22.7 Å². The Labute approximate surface area is 113 Å². The summed E-state index contributed by atoms with van der Waals surface area (Å²) >= 11 is 8.18. The molecule has 0 saturated carbocycles. The summed E-state index contributed by atoms with van der Waals surface area (Å²) < 4.78 is 6.17. The first-order chi connectivity index (χ1) is 7.99. The fraction of sp³-hybridized carbons (Fsp3) is 0.333. The van der Waals surface area contributed by atoms with Crippen molar-refractivity contribution in [2.45, 2.75) is 19.8 Å². The van der Waals surface area contributed by atoms with Crippen molar-refractivity contribution in [3.05, 3.63) is 27.7 Å². The van der Waals surface area contributed by atoms with Crippen LogP contribution >= 0.6 is 28.1 Å². The zero-order valence-electron chi connectivity index (χ0n) is 9.33. The first kappa shape index (κ1) is 12.5. The Morgan fingerprint density at radius 2 is 2.24 bits per heavy atom. The maximum absolute atomic E-state index is 12.1. The number of thiocarbonyl (C=S) groups is 1. The van der Waals surface area contributed by atoms with Gasteiger partial charge in [-0.25, -0.2) is 0 Å². The van der Waals surface area contributed by atoms with E-state index in [0.717, 1.165) is 16.5 Å². The minimum atomic E-state index is -0.0686. The predicted octanol–water partition coefficient (Wildman–Crippen LogP) is 2.84. The van der Waals surface area contributed by atoms with Crippen LogP contribution in [0.25, 0.3) is 0 Å². The van der Waals surface area contributed by atoms with Gasteiger partial charge in [0.25, 0.3) is 5.17 Å². The number of hydrogen-bond donors (Lipinski definition) is 1. The number of benzene rings is 1. The molecule has 0 unspecified atom stereocenters. The Balaban J connectivity index is 2.54. The van der Waals surface area contributed by atoms with Crippen LogP contribution in [0.1, 0.15) is 29.3 Å². The molecular formula is C12H12BrNO2S. The highest BCUT2D eigenvalue weighted by molar-refractivity contribution is 9.10. The fourth-order valence-corrected chi connectivity index (χ4v) is 2.72. The lowest BCUT2D eigenvalue weighted by Gasteiger charge is -2.23. The van der Waals surface area contributed by atoms with Crippen LogP contribution in [0.5, 0.6) is 5.75 Å². The highest BCUT2D eigenvalue weighted by atomic mass is 79.9. The number of halogens is 1. The lowest BCUT2D eigenvalue weighted by atomic mass is 9.83. The number of carbonyl (C=O) groups is 1. The predicted molar refractivity (Wildman–Crippen MR) is 73.4 cm³/mol. The van der Waals surface area contributed by atoms with Crippen molar-refractivity contribution in [3.8, 4) is 5.75 Å². The molecule has 0 saturated heterocycles. The maximum Gasteiger partial charge on any atom is 0.259 e. The molecule has 0 amide bonds. The number of ketones is 1.